The number of rotatable bonds is 5. The van der Waals surface area contributed by atoms with E-state index in [-0.39, 0.29) is 19.1 Å². The number of methoxy groups -OCH3 is 1. The Kier molecular flexibility index (Phi) is 5.05. The predicted molar refractivity (Wildman–Crippen MR) is 92.7 cm³/mol. The van der Waals surface area contributed by atoms with Crippen LogP contribution >= 0.6 is 0 Å². The fourth-order valence-corrected chi connectivity index (χ4v) is 2.97. The van der Waals surface area contributed by atoms with Crippen molar-refractivity contribution in [2.24, 2.45) is 0 Å². The minimum absolute atomic E-state index is 0.113. The average Bonchev–Trinajstić information content (AvgIpc) is 2.98. The zero-order valence-corrected chi connectivity index (χ0v) is 15.1. The number of ether oxygens (including phenoxy) is 1. The maximum atomic E-state index is 12.8. The Hall–Kier alpha value is -2.68. The minimum atomic E-state index is -4.38. The van der Waals surface area contributed by atoms with Gasteiger partial charge >= 0.3 is 6.18 Å². The van der Waals surface area contributed by atoms with Crippen LogP contribution in [0.25, 0.3) is 11.0 Å². The summed E-state index contributed by atoms with van der Waals surface area (Å²) in [6.45, 7) is 3.42. The summed E-state index contributed by atoms with van der Waals surface area (Å²) in [5.74, 6) is 0.836. The van der Waals surface area contributed by atoms with Crippen molar-refractivity contribution in [2.75, 3.05) is 13.7 Å². The zero-order chi connectivity index (χ0) is 19.8. The number of nitrogens with zero attached hydrogens (tertiary/aromatic N) is 4. The van der Waals surface area contributed by atoms with Crippen molar-refractivity contribution < 1.29 is 23.0 Å². The van der Waals surface area contributed by atoms with Crippen molar-refractivity contribution in [3.05, 3.63) is 46.9 Å². The molecule has 3 aromatic rings. The fourth-order valence-electron chi connectivity index (χ4n) is 2.97. The second kappa shape index (κ2) is 7.15. The molecule has 2 heterocycles. The quantitative estimate of drug-likeness (QED) is 0.735. The summed E-state index contributed by atoms with van der Waals surface area (Å²) in [6.07, 6.45) is -4.10. The lowest BCUT2D eigenvalue weighted by Gasteiger charge is -2.15. The first-order valence-electron chi connectivity index (χ1n) is 8.34. The number of aliphatic hydroxyl groups excluding tert-OH is 1. The highest BCUT2D eigenvalue weighted by atomic mass is 19.4. The van der Waals surface area contributed by atoms with Crippen molar-refractivity contribution in [3.8, 4) is 5.88 Å². The topological polar surface area (TPSA) is 73.1 Å². The van der Waals surface area contributed by atoms with Crippen LogP contribution in [0.1, 0.15) is 35.6 Å². The average molecular weight is 380 g/mol. The molecule has 144 valence electrons. The lowest BCUT2D eigenvalue weighted by molar-refractivity contribution is -0.137. The van der Waals surface area contributed by atoms with E-state index in [0.29, 0.717) is 34.0 Å². The van der Waals surface area contributed by atoms with Gasteiger partial charge in [0.15, 0.2) is 5.65 Å². The molecular formula is C18H19F3N4O2. The largest absolute Gasteiger partial charge is 0.480 e. The molecule has 2 aromatic heterocycles. The molecule has 0 fully saturated rings. The molecule has 1 aromatic carbocycles. The third-order valence-corrected chi connectivity index (χ3v) is 4.33. The maximum absolute atomic E-state index is 12.8. The monoisotopic (exact) mass is 380 g/mol. The number of hydrogen-bond donors (Lipinski definition) is 1. The van der Waals surface area contributed by atoms with Crippen LogP contribution in [0.5, 0.6) is 5.88 Å². The van der Waals surface area contributed by atoms with Crippen molar-refractivity contribution in [3.63, 3.8) is 0 Å². The molecule has 0 bridgehead atoms. The summed E-state index contributed by atoms with van der Waals surface area (Å²) in [4.78, 5) is 8.69. The van der Waals surface area contributed by atoms with E-state index >= 15 is 0 Å². The molecule has 9 heteroatoms. The maximum Gasteiger partial charge on any atom is 0.416 e. The summed E-state index contributed by atoms with van der Waals surface area (Å²) in [7, 11) is 1.49. The first kappa shape index (κ1) is 19.1. The number of aliphatic hydroxyl groups is 1. The Morgan fingerprint density at radius 1 is 1.19 bits per heavy atom. The van der Waals surface area contributed by atoms with Gasteiger partial charge in [0, 0.05) is 13.0 Å². The molecule has 1 N–H and O–H groups in total. The van der Waals surface area contributed by atoms with Gasteiger partial charge in [-0.25, -0.2) is 9.67 Å². The Bertz CT molecular complexity index is 952. The molecule has 6 nitrogen and oxygen atoms in total. The number of aryl methyl sites for hydroxylation is 1. The number of hydrogen-bond acceptors (Lipinski definition) is 5. The SMILES string of the molecule is COc1nc(C)nc2c1c(CCO)nn2C(C)c1ccc(C(F)(F)F)cc1. The van der Waals surface area contributed by atoms with Gasteiger partial charge in [-0.05, 0) is 31.5 Å². The van der Waals surface area contributed by atoms with Gasteiger partial charge in [0.05, 0.1) is 24.4 Å². The van der Waals surface area contributed by atoms with Crippen LogP contribution in [0, 0.1) is 6.92 Å². The first-order valence-corrected chi connectivity index (χ1v) is 8.34. The van der Waals surface area contributed by atoms with Gasteiger partial charge in [-0.15, -0.1) is 0 Å². The second-order valence-corrected chi connectivity index (χ2v) is 6.14. The number of fused-ring (bicyclic) bond motifs is 1. The van der Waals surface area contributed by atoms with Crippen molar-refractivity contribution in [1.29, 1.82) is 0 Å². The molecular weight excluding hydrogens is 361 g/mol. The summed E-state index contributed by atoms with van der Waals surface area (Å²) in [5, 5.41) is 14.5. The molecule has 0 aliphatic rings. The van der Waals surface area contributed by atoms with E-state index in [1.165, 1.54) is 19.2 Å². The van der Waals surface area contributed by atoms with E-state index in [1.54, 1.807) is 11.6 Å². The highest BCUT2D eigenvalue weighted by Gasteiger charge is 2.30. The third-order valence-electron chi connectivity index (χ3n) is 4.33. The number of alkyl halides is 3. The van der Waals surface area contributed by atoms with Crippen LogP contribution in [-0.4, -0.2) is 38.6 Å². The van der Waals surface area contributed by atoms with Crippen molar-refractivity contribution >= 4 is 11.0 Å². The molecule has 1 unspecified atom stereocenters. The zero-order valence-electron chi connectivity index (χ0n) is 15.1. The Morgan fingerprint density at radius 2 is 1.85 bits per heavy atom. The van der Waals surface area contributed by atoms with Crippen LogP contribution in [0.2, 0.25) is 0 Å². The van der Waals surface area contributed by atoms with Gasteiger partial charge in [0.2, 0.25) is 5.88 Å². The summed E-state index contributed by atoms with van der Waals surface area (Å²) >= 11 is 0. The number of benzene rings is 1. The van der Waals surface area contributed by atoms with E-state index in [2.05, 4.69) is 15.1 Å². The molecule has 0 radical (unpaired) electrons. The van der Waals surface area contributed by atoms with E-state index < -0.39 is 11.7 Å². The molecule has 0 spiro atoms. The highest BCUT2D eigenvalue weighted by molar-refractivity contribution is 5.84. The first-order chi connectivity index (χ1) is 12.8. The summed E-state index contributed by atoms with van der Waals surface area (Å²) in [5.41, 5.74) is 1.03. The summed E-state index contributed by atoms with van der Waals surface area (Å²) < 4.78 is 45.3. The van der Waals surface area contributed by atoms with Gasteiger partial charge in [-0.3, -0.25) is 0 Å². The molecule has 3 rings (SSSR count). The van der Waals surface area contributed by atoms with Crippen molar-refractivity contribution in [2.45, 2.75) is 32.5 Å². The van der Waals surface area contributed by atoms with Crippen LogP contribution < -0.4 is 4.74 Å². The fraction of sp³-hybridized carbons (Fsp3) is 0.389. The Balaban J connectivity index is 2.11. The van der Waals surface area contributed by atoms with Gasteiger partial charge in [0.25, 0.3) is 0 Å². The minimum Gasteiger partial charge on any atom is -0.480 e. The molecule has 0 amide bonds. The summed E-state index contributed by atoms with van der Waals surface area (Å²) in [6, 6.07) is 4.58. The molecule has 0 saturated heterocycles. The van der Waals surface area contributed by atoms with Crippen LogP contribution in [0.4, 0.5) is 13.2 Å². The van der Waals surface area contributed by atoms with Crippen molar-refractivity contribution in [1.82, 2.24) is 19.7 Å². The third kappa shape index (κ3) is 3.59. The predicted octanol–water partition coefficient (Wildman–Crippen LogP) is 3.31. The lowest BCUT2D eigenvalue weighted by Crippen LogP contribution is -2.11. The Morgan fingerprint density at radius 3 is 2.41 bits per heavy atom. The van der Waals surface area contributed by atoms with Gasteiger partial charge in [0.1, 0.15) is 11.2 Å². The number of aromatic nitrogens is 4. The van der Waals surface area contributed by atoms with E-state index in [0.717, 1.165) is 12.1 Å². The van der Waals surface area contributed by atoms with E-state index in [4.69, 9.17) is 4.74 Å². The molecule has 1 atom stereocenters. The molecule has 0 aliphatic carbocycles. The molecule has 0 aliphatic heterocycles. The normalized spacial score (nSPS) is 13.1. The van der Waals surface area contributed by atoms with Crippen LogP contribution in [-0.2, 0) is 12.6 Å². The second-order valence-electron chi connectivity index (χ2n) is 6.14. The van der Waals surface area contributed by atoms with E-state index in [1.807, 2.05) is 6.92 Å². The molecule has 0 saturated carbocycles. The van der Waals surface area contributed by atoms with Gasteiger partial charge in [-0.1, -0.05) is 12.1 Å². The number of halogens is 3. The highest BCUT2D eigenvalue weighted by Crippen LogP contribution is 2.32. The smallest absolute Gasteiger partial charge is 0.416 e. The standard InChI is InChI=1S/C18H19F3N4O2/c1-10(12-4-6-13(7-5-12)18(19,20)21)25-16-15(14(24-25)8-9-26)17(27-3)23-11(2)22-16/h4-7,10,26H,8-9H2,1-3H3. The Labute approximate surface area is 153 Å². The van der Waals surface area contributed by atoms with Crippen LogP contribution in [0.15, 0.2) is 24.3 Å². The lowest BCUT2D eigenvalue weighted by atomic mass is 10.1. The van der Waals surface area contributed by atoms with Gasteiger partial charge < -0.3 is 9.84 Å². The van der Waals surface area contributed by atoms with Gasteiger partial charge in [-0.2, -0.15) is 23.3 Å². The van der Waals surface area contributed by atoms with Crippen LogP contribution in [0.3, 0.4) is 0 Å². The molecule has 27 heavy (non-hydrogen) atoms. The van der Waals surface area contributed by atoms with E-state index in [9.17, 15) is 18.3 Å².